The molecule has 34 heavy (non-hydrogen) atoms. The molecule has 7 nitrogen and oxygen atoms in total. The molecule has 2 aliphatic heterocycles. The van der Waals surface area contributed by atoms with E-state index in [9.17, 15) is 13.9 Å². The number of nitrogens with zero attached hydrogens (tertiary/aromatic N) is 4. The minimum Gasteiger partial charge on any atom is -0.392 e. The Kier molecular flexibility index (Phi) is 6.05. The fraction of sp³-hybridized carbons (Fsp3) is 0.360. The number of aromatic nitrogens is 2. The summed E-state index contributed by atoms with van der Waals surface area (Å²) in [6, 6.07) is 13.2. The molecule has 0 amide bonds. The van der Waals surface area contributed by atoms with Crippen LogP contribution in [0.2, 0.25) is 0 Å². The van der Waals surface area contributed by atoms with Crippen molar-refractivity contribution >= 4 is 28.8 Å². The Hall–Kier alpha value is -3.30. The second-order valence-electron chi connectivity index (χ2n) is 9.08. The summed E-state index contributed by atoms with van der Waals surface area (Å²) in [6.45, 7) is 3.62. The van der Waals surface area contributed by atoms with Crippen molar-refractivity contribution in [1.82, 2.24) is 14.9 Å². The first kappa shape index (κ1) is 22.5. The molecule has 2 aliphatic rings. The number of aliphatic hydroxyl groups is 1. The van der Waals surface area contributed by atoms with Crippen LogP contribution in [0.15, 0.2) is 48.7 Å². The van der Waals surface area contributed by atoms with Crippen molar-refractivity contribution < 1.29 is 13.9 Å². The maximum atomic E-state index is 13.7. The Balaban J connectivity index is 1.40. The highest BCUT2D eigenvalue weighted by atomic mass is 19.3. The molecule has 1 aromatic heterocycles. The molecule has 3 N–H and O–H groups in total. The second-order valence-corrected chi connectivity index (χ2v) is 9.08. The number of halogens is 2. The van der Waals surface area contributed by atoms with Crippen LogP contribution in [0.1, 0.15) is 29.5 Å². The van der Waals surface area contributed by atoms with E-state index >= 15 is 0 Å². The van der Waals surface area contributed by atoms with E-state index < -0.39 is 6.43 Å². The zero-order valence-corrected chi connectivity index (χ0v) is 19.2. The van der Waals surface area contributed by atoms with Gasteiger partial charge in [0.2, 0.25) is 5.95 Å². The number of anilines is 5. The lowest BCUT2D eigenvalue weighted by Gasteiger charge is -2.34. The van der Waals surface area contributed by atoms with E-state index in [2.05, 4.69) is 37.4 Å². The third-order valence-corrected chi connectivity index (χ3v) is 6.64. The van der Waals surface area contributed by atoms with E-state index in [1.165, 1.54) is 6.07 Å². The van der Waals surface area contributed by atoms with Gasteiger partial charge in [0, 0.05) is 59.6 Å². The lowest BCUT2D eigenvalue weighted by Crippen LogP contribution is -2.44. The minimum atomic E-state index is -2.57. The number of aliphatic hydroxyl groups excluding tert-OH is 1. The van der Waals surface area contributed by atoms with Gasteiger partial charge in [-0.2, -0.15) is 4.98 Å². The SMILES string of the molecule is Cc1cnc(Nc2cc(C(F)F)cc(N3C[C@@H]4C[C@H]3CN4C)c2)nc1Nc1cccc(CO)c1. The lowest BCUT2D eigenvalue weighted by molar-refractivity contribution is 0.151. The number of benzene rings is 2. The molecular weight excluding hydrogens is 438 g/mol. The number of likely N-dealkylation sites (N-methyl/N-ethyl adjacent to an activating group) is 1. The zero-order valence-electron chi connectivity index (χ0n) is 19.2. The molecule has 0 radical (unpaired) electrons. The maximum absolute atomic E-state index is 13.7. The van der Waals surface area contributed by atoms with Gasteiger partial charge in [-0.1, -0.05) is 12.1 Å². The molecule has 0 saturated carbocycles. The van der Waals surface area contributed by atoms with Gasteiger partial charge in [-0.25, -0.2) is 13.8 Å². The van der Waals surface area contributed by atoms with E-state index in [4.69, 9.17) is 0 Å². The minimum absolute atomic E-state index is 0.0255. The molecule has 3 aromatic rings. The Morgan fingerprint density at radius 3 is 2.65 bits per heavy atom. The average molecular weight is 467 g/mol. The Morgan fingerprint density at radius 1 is 1.09 bits per heavy atom. The number of aryl methyl sites for hydroxylation is 1. The summed E-state index contributed by atoms with van der Waals surface area (Å²) in [6.07, 6.45) is 0.171. The van der Waals surface area contributed by atoms with Crippen molar-refractivity contribution in [3.63, 3.8) is 0 Å². The highest BCUT2D eigenvalue weighted by molar-refractivity contribution is 5.67. The van der Waals surface area contributed by atoms with Crippen LogP contribution in [0.3, 0.4) is 0 Å². The summed E-state index contributed by atoms with van der Waals surface area (Å²) in [5.41, 5.74) is 3.71. The monoisotopic (exact) mass is 466 g/mol. The van der Waals surface area contributed by atoms with Crippen molar-refractivity contribution in [2.24, 2.45) is 0 Å². The number of rotatable bonds is 7. The first-order valence-electron chi connectivity index (χ1n) is 11.4. The molecule has 5 rings (SSSR count). The van der Waals surface area contributed by atoms with Crippen LogP contribution in [-0.4, -0.2) is 52.2 Å². The number of piperazine rings is 1. The van der Waals surface area contributed by atoms with Crippen LogP contribution in [0.4, 0.5) is 37.6 Å². The van der Waals surface area contributed by atoms with Crippen molar-refractivity contribution in [1.29, 1.82) is 0 Å². The summed E-state index contributed by atoms with van der Waals surface area (Å²) in [4.78, 5) is 13.5. The van der Waals surface area contributed by atoms with Gasteiger partial charge in [0.25, 0.3) is 6.43 Å². The predicted octanol–water partition coefficient (Wildman–Crippen LogP) is 4.59. The van der Waals surface area contributed by atoms with E-state index in [1.54, 1.807) is 12.3 Å². The summed E-state index contributed by atoms with van der Waals surface area (Å²) < 4.78 is 27.4. The van der Waals surface area contributed by atoms with Gasteiger partial charge in [0.15, 0.2) is 0 Å². The zero-order chi connectivity index (χ0) is 23.8. The molecule has 2 saturated heterocycles. The smallest absolute Gasteiger partial charge is 0.263 e. The van der Waals surface area contributed by atoms with Crippen molar-refractivity contribution in [2.45, 2.75) is 38.5 Å². The number of fused-ring (bicyclic) bond motifs is 2. The molecule has 0 spiro atoms. The van der Waals surface area contributed by atoms with E-state index in [1.807, 2.05) is 37.3 Å². The topological polar surface area (TPSA) is 76.6 Å². The molecule has 2 bridgehead atoms. The van der Waals surface area contributed by atoms with Crippen molar-refractivity contribution in [2.75, 3.05) is 35.7 Å². The number of likely N-dealkylation sites (tertiary alicyclic amines) is 1. The van der Waals surface area contributed by atoms with Gasteiger partial charge in [-0.15, -0.1) is 0 Å². The maximum Gasteiger partial charge on any atom is 0.263 e. The van der Waals surface area contributed by atoms with E-state index in [0.717, 1.165) is 42.0 Å². The third kappa shape index (κ3) is 4.53. The standard InChI is InChI=1S/C25H28F2N6O/c1-15-11-28-25(31-24(15)29-18-5-3-4-16(6-18)14-34)30-19-7-17(23(26)27)8-20(9-19)33-13-21-10-22(33)12-32(21)2/h3-9,11,21-23,34H,10,12-14H2,1-2H3,(H2,28,29,30,31)/t21-,22-/m0/s1. The summed E-state index contributed by atoms with van der Waals surface area (Å²) >= 11 is 0. The fourth-order valence-corrected chi connectivity index (χ4v) is 4.82. The molecule has 0 aliphatic carbocycles. The van der Waals surface area contributed by atoms with E-state index in [-0.39, 0.29) is 12.2 Å². The first-order valence-corrected chi connectivity index (χ1v) is 11.4. The third-order valence-electron chi connectivity index (χ3n) is 6.64. The number of nitrogens with one attached hydrogen (secondary N) is 2. The van der Waals surface area contributed by atoms with Crippen LogP contribution in [0.5, 0.6) is 0 Å². The predicted molar refractivity (Wildman–Crippen MR) is 129 cm³/mol. The molecule has 2 atom stereocenters. The Morgan fingerprint density at radius 2 is 1.94 bits per heavy atom. The largest absolute Gasteiger partial charge is 0.392 e. The van der Waals surface area contributed by atoms with Crippen LogP contribution < -0.4 is 15.5 Å². The molecule has 2 fully saturated rings. The molecule has 2 aromatic carbocycles. The number of hydrogen-bond acceptors (Lipinski definition) is 7. The molecule has 9 heteroatoms. The summed E-state index contributed by atoms with van der Waals surface area (Å²) in [7, 11) is 2.12. The van der Waals surface area contributed by atoms with Crippen molar-refractivity contribution in [3.05, 3.63) is 65.4 Å². The molecular formula is C25H28F2N6O. The van der Waals surface area contributed by atoms with Gasteiger partial charge >= 0.3 is 0 Å². The second kappa shape index (κ2) is 9.15. The van der Waals surface area contributed by atoms with Gasteiger partial charge in [-0.05, 0) is 56.3 Å². The number of alkyl halides is 2. The molecule has 0 unspecified atom stereocenters. The summed E-state index contributed by atoms with van der Waals surface area (Å²) in [5.74, 6) is 0.907. The fourth-order valence-electron chi connectivity index (χ4n) is 4.82. The highest BCUT2D eigenvalue weighted by Gasteiger charge is 2.41. The first-order chi connectivity index (χ1) is 16.4. The van der Waals surface area contributed by atoms with Gasteiger partial charge < -0.3 is 20.6 Å². The van der Waals surface area contributed by atoms with Crippen LogP contribution in [0, 0.1) is 6.92 Å². The Bertz CT molecular complexity index is 1190. The van der Waals surface area contributed by atoms with Crippen LogP contribution in [-0.2, 0) is 6.61 Å². The quantitative estimate of drug-likeness (QED) is 0.470. The average Bonchev–Trinajstić information content (AvgIpc) is 3.41. The summed E-state index contributed by atoms with van der Waals surface area (Å²) in [5, 5.41) is 15.7. The van der Waals surface area contributed by atoms with Crippen molar-refractivity contribution in [3.8, 4) is 0 Å². The van der Waals surface area contributed by atoms with Crippen LogP contribution in [0.25, 0.3) is 0 Å². The van der Waals surface area contributed by atoms with Gasteiger partial charge in [-0.3, -0.25) is 4.90 Å². The van der Waals surface area contributed by atoms with E-state index in [0.29, 0.717) is 29.5 Å². The normalized spacial score (nSPS) is 19.8. The lowest BCUT2D eigenvalue weighted by atomic mass is 10.1. The number of hydrogen-bond donors (Lipinski definition) is 3. The van der Waals surface area contributed by atoms with Gasteiger partial charge in [0.05, 0.1) is 6.61 Å². The molecule has 178 valence electrons. The van der Waals surface area contributed by atoms with Gasteiger partial charge in [0.1, 0.15) is 5.82 Å². The highest BCUT2D eigenvalue weighted by Crippen LogP contribution is 2.37. The van der Waals surface area contributed by atoms with Crippen LogP contribution >= 0.6 is 0 Å². The molecule has 3 heterocycles. The Labute approximate surface area is 197 Å².